The molecule has 2 N–H and O–H groups in total. The van der Waals surface area contributed by atoms with Crippen LogP contribution in [0.4, 0.5) is 0 Å². The smallest absolute Gasteiger partial charge is 0.311 e. The van der Waals surface area contributed by atoms with Gasteiger partial charge in [-0.25, -0.2) is 0 Å². The van der Waals surface area contributed by atoms with Gasteiger partial charge in [0.25, 0.3) is 0 Å². The van der Waals surface area contributed by atoms with Gasteiger partial charge in [-0.15, -0.1) is 0 Å². The van der Waals surface area contributed by atoms with Crippen molar-refractivity contribution in [2.24, 2.45) is 5.92 Å². The largest absolute Gasteiger partial charge is 0.348 e. The van der Waals surface area contributed by atoms with E-state index < -0.39 is 11.8 Å². The van der Waals surface area contributed by atoms with Crippen LogP contribution in [0, 0.1) is 5.92 Å². The van der Waals surface area contributed by atoms with E-state index in [2.05, 4.69) is 17.6 Å². The molecule has 0 spiro atoms. The molecule has 0 radical (unpaired) electrons. The van der Waals surface area contributed by atoms with Gasteiger partial charge >= 0.3 is 11.8 Å². The average Bonchev–Trinajstić information content (AvgIpc) is 2.34. The minimum Gasteiger partial charge on any atom is -0.348 e. The van der Waals surface area contributed by atoms with Gasteiger partial charge in [-0.05, 0) is 25.9 Å². The van der Waals surface area contributed by atoms with Gasteiger partial charge < -0.3 is 15.5 Å². The van der Waals surface area contributed by atoms with Crippen molar-refractivity contribution in [1.29, 1.82) is 0 Å². The molecule has 0 saturated carbocycles. The highest BCUT2D eigenvalue weighted by Gasteiger charge is 2.24. The predicted molar refractivity (Wildman–Crippen MR) is 57.3 cm³/mol. The fraction of sp³-hybridized carbons (Fsp3) is 0.800. The van der Waals surface area contributed by atoms with Gasteiger partial charge in [0.2, 0.25) is 0 Å². The van der Waals surface area contributed by atoms with Crippen molar-refractivity contribution in [3.05, 3.63) is 0 Å². The summed E-state index contributed by atoms with van der Waals surface area (Å²) in [5, 5.41) is 5.64. The lowest BCUT2D eigenvalue weighted by Gasteiger charge is -2.23. The summed E-state index contributed by atoms with van der Waals surface area (Å²) in [6.07, 6.45) is 0.837. The minimum atomic E-state index is -0.468. The molecule has 1 rings (SSSR count). The number of nitrogens with zero attached hydrogens (tertiary/aromatic N) is 1. The molecule has 0 bridgehead atoms. The summed E-state index contributed by atoms with van der Waals surface area (Å²) in [5.41, 5.74) is 0. The Labute approximate surface area is 90.2 Å². The third-order valence-corrected chi connectivity index (χ3v) is 2.46. The van der Waals surface area contributed by atoms with E-state index in [0.29, 0.717) is 25.6 Å². The van der Waals surface area contributed by atoms with Crippen molar-refractivity contribution in [2.45, 2.75) is 13.3 Å². The molecule has 5 heteroatoms. The number of carbonyl (C=O) groups is 2. The van der Waals surface area contributed by atoms with Crippen LogP contribution in [-0.4, -0.2) is 49.9 Å². The van der Waals surface area contributed by atoms with Gasteiger partial charge in [0.15, 0.2) is 0 Å². The summed E-state index contributed by atoms with van der Waals surface area (Å²) >= 11 is 0. The van der Waals surface area contributed by atoms with E-state index in [0.717, 1.165) is 13.0 Å². The molecule has 2 amide bonds. The number of carbonyl (C=O) groups excluding carboxylic acids is 2. The molecule has 1 unspecified atom stereocenters. The van der Waals surface area contributed by atoms with Gasteiger partial charge in [-0.2, -0.15) is 0 Å². The summed E-state index contributed by atoms with van der Waals surface area (Å²) in [4.78, 5) is 24.5. The number of hydrogen-bond acceptors (Lipinski definition) is 3. The topological polar surface area (TPSA) is 61.4 Å². The molecule has 1 saturated heterocycles. The van der Waals surface area contributed by atoms with Gasteiger partial charge in [-0.1, -0.05) is 6.92 Å². The summed E-state index contributed by atoms with van der Waals surface area (Å²) in [6, 6.07) is 0. The van der Waals surface area contributed by atoms with Crippen LogP contribution in [0.15, 0.2) is 0 Å². The zero-order chi connectivity index (χ0) is 11.3. The van der Waals surface area contributed by atoms with Gasteiger partial charge in [0.05, 0.1) is 0 Å². The molecular formula is C10H19N3O2. The van der Waals surface area contributed by atoms with Crippen molar-refractivity contribution in [3.63, 3.8) is 0 Å². The second kappa shape index (κ2) is 5.70. The number of amides is 2. The van der Waals surface area contributed by atoms with E-state index in [4.69, 9.17) is 0 Å². The second-order valence-electron chi connectivity index (χ2n) is 4.02. The first-order valence-corrected chi connectivity index (χ1v) is 5.37. The van der Waals surface area contributed by atoms with Crippen LogP contribution in [0.1, 0.15) is 13.3 Å². The van der Waals surface area contributed by atoms with E-state index in [9.17, 15) is 9.59 Å². The molecule has 0 aromatic rings. The lowest BCUT2D eigenvalue weighted by Crippen LogP contribution is -2.42. The molecule has 86 valence electrons. The Balaban J connectivity index is 2.50. The van der Waals surface area contributed by atoms with Crippen molar-refractivity contribution >= 4 is 11.8 Å². The van der Waals surface area contributed by atoms with E-state index in [1.807, 2.05) is 7.05 Å². The zero-order valence-electron chi connectivity index (χ0n) is 9.38. The van der Waals surface area contributed by atoms with Crippen LogP contribution in [-0.2, 0) is 9.59 Å². The maximum Gasteiger partial charge on any atom is 0.311 e. The van der Waals surface area contributed by atoms with Crippen molar-refractivity contribution in [1.82, 2.24) is 15.5 Å². The molecule has 0 aromatic carbocycles. The first-order chi connectivity index (χ1) is 7.15. The monoisotopic (exact) mass is 213 g/mol. The predicted octanol–water partition coefficient (Wildman–Crippen LogP) is -0.810. The highest BCUT2D eigenvalue weighted by atomic mass is 16.2. The standard InChI is InChI=1S/C10H19N3O2/c1-8(6-11-2)7-13-5-3-4-12-9(14)10(13)15/h8,11H,3-7H2,1-2H3,(H,12,14). The SMILES string of the molecule is CNCC(C)CN1CCCNC(=O)C1=O. The quantitative estimate of drug-likeness (QED) is 0.600. The zero-order valence-corrected chi connectivity index (χ0v) is 9.38. The average molecular weight is 213 g/mol. The molecule has 1 atom stereocenters. The third-order valence-electron chi connectivity index (χ3n) is 2.46. The van der Waals surface area contributed by atoms with E-state index in [1.54, 1.807) is 4.90 Å². The van der Waals surface area contributed by atoms with Crippen LogP contribution >= 0.6 is 0 Å². The highest BCUT2D eigenvalue weighted by molar-refractivity contribution is 6.35. The number of nitrogens with one attached hydrogen (secondary N) is 2. The van der Waals surface area contributed by atoms with Gasteiger partial charge in [-0.3, -0.25) is 9.59 Å². The lowest BCUT2D eigenvalue weighted by molar-refractivity contribution is -0.145. The molecule has 0 aliphatic carbocycles. The van der Waals surface area contributed by atoms with E-state index >= 15 is 0 Å². The Hall–Kier alpha value is -1.10. The fourth-order valence-corrected chi connectivity index (χ4v) is 1.76. The second-order valence-corrected chi connectivity index (χ2v) is 4.02. The first kappa shape index (κ1) is 12.0. The van der Waals surface area contributed by atoms with Crippen LogP contribution in [0.25, 0.3) is 0 Å². The molecule has 1 aliphatic heterocycles. The summed E-state index contributed by atoms with van der Waals surface area (Å²) < 4.78 is 0. The Bertz CT molecular complexity index is 243. The summed E-state index contributed by atoms with van der Waals surface area (Å²) in [5.74, 6) is -0.496. The maximum absolute atomic E-state index is 11.6. The van der Waals surface area contributed by atoms with E-state index in [1.165, 1.54) is 0 Å². The van der Waals surface area contributed by atoms with Crippen LogP contribution in [0.3, 0.4) is 0 Å². The highest BCUT2D eigenvalue weighted by Crippen LogP contribution is 2.03. The first-order valence-electron chi connectivity index (χ1n) is 5.37. The van der Waals surface area contributed by atoms with Crippen molar-refractivity contribution in [2.75, 3.05) is 33.2 Å². The molecule has 0 aromatic heterocycles. The molecule has 1 heterocycles. The molecule has 5 nitrogen and oxygen atoms in total. The third kappa shape index (κ3) is 3.51. The Kier molecular flexibility index (Phi) is 4.55. The Morgan fingerprint density at radius 1 is 1.53 bits per heavy atom. The van der Waals surface area contributed by atoms with E-state index in [-0.39, 0.29) is 0 Å². The van der Waals surface area contributed by atoms with Crippen molar-refractivity contribution < 1.29 is 9.59 Å². The molecule has 1 aliphatic rings. The van der Waals surface area contributed by atoms with Crippen LogP contribution in [0.2, 0.25) is 0 Å². The van der Waals surface area contributed by atoms with Crippen LogP contribution < -0.4 is 10.6 Å². The molecule has 15 heavy (non-hydrogen) atoms. The van der Waals surface area contributed by atoms with Gasteiger partial charge in [0, 0.05) is 19.6 Å². The Morgan fingerprint density at radius 2 is 2.27 bits per heavy atom. The fourth-order valence-electron chi connectivity index (χ4n) is 1.76. The number of hydrogen-bond donors (Lipinski definition) is 2. The summed E-state index contributed by atoms with van der Waals surface area (Å²) in [7, 11) is 1.88. The lowest BCUT2D eigenvalue weighted by atomic mass is 10.1. The Morgan fingerprint density at radius 3 is 2.93 bits per heavy atom. The maximum atomic E-state index is 11.6. The normalized spacial score (nSPS) is 19.7. The van der Waals surface area contributed by atoms with Crippen molar-refractivity contribution in [3.8, 4) is 0 Å². The summed E-state index contributed by atoms with van der Waals surface area (Å²) in [6.45, 7) is 4.83. The molecular weight excluding hydrogens is 194 g/mol. The minimum absolute atomic E-state index is 0.366. The molecule has 1 fully saturated rings. The van der Waals surface area contributed by atoms with Gasteiger partial charge in [0.1, 0.15) is 0 Å². The number of rotatable bonds is 4. The van der Waals surface area contributed by atoms with Crippen LogP contribution in [0.5, 0.6) is 0 Å².